The average molecular weight is 434 g/mol. The van der Waals surface area contributed by atoms with Gasteiger partial charge in [-0.1, -0.05) is 0 Å². The molecule has 1 aromatic rings. The number of H-pyrrole nitrogens is 1. The van der Waals surface area contributed by atoms with E-state index >= 15 is 0 Å². The van der Waals surface area contributed by atoms with E-state index in [0.717, 1.165) is 44.5 Å². The summed E-state index contributed by atoms with van der Waals surface area (Å²) in [4.78, 5) is 31.2. The maximum atomic E-state index is 12.8. The highest BCUT2D eigenvalue weighted by Gasteiger charge is 2.41. The molecule has 31 heavy (non-hydrogen) atoms. The van der Waals surface area contributed by atoms with Crippen molar-refractivity contribution in [2.45, 2.75) is 64.1 Å². The molecule has 3 rings (SSSR count). The first-order valence-corrected chi connectivity index (χ1v) is 10.7. The molecule has 170 valence electrons. The molecule has 1 aliphatic heterocycles. The Morgan fingerprint density at radius 3 is 2.32 bits per heavy atom. The smallest absolute Gasteiger partial charge is 0.410 e. The summed E-state index contributed by atoms with van der Waals surface area (Å²) in [5.74, 6) is -0.868. The van der Waals surface area contributed by atoms with E-state index in [4.69, 9.17) is 15.2 Å². The fourth-order valence-corrected chi connectivity index (χ4v) is 3.86. The first kappa shape index (κ1) is 22.7. The second-order valence-electron chi connectivity index (χ2n) is 9.06. The summed E-state index contributed by atoms with van der Waals surface area (Å²) in [6.45, 7) is 7.11. The Labute approximate surface area is 182 Å². The molecule has 2 heterocycles. The minimum atomic E-state index is -1.05. The molecule has 0 unspecified atom stereocenters. The van der Waals surface area contributed by atoms with Crippen molar-refractivity contribution in [2.24, 2.45) is 5.73 Å². The van der Waals surface area contributed by atoms with Crippen LogP contribution in [0.2, 0.25) is 0 Å². The van der Waals surface area contributed by atoms with Crippen molar-refractivity contribution >= 4 is 23.8 Å². The summed E-state index contributed by atoms with van der Waals surface area (Å²) >= 11 is 0. The molecule has 2 aliphatic rings. The predicted molar refractivity (Wildman–Crippen MR) is 115 cm³/mol. The topological polar surface area (TPSA) is 119 Å². The number of hydrogen-bond donors (Lipinski definition) is 2. The van der Waals surface area contributed by atoms with E-state index in [9.17, 15) is 14.7 Å². The Kier molecular flexibility index (Phi) is 6.62. The Bertz CT molecular complexity index is 852. The second-order valence-corrected chi connectivity index (χ2v) is 9.06. The zero-order valence-electron chi connectivity index (χ0n) is 18.7. The third-order valence-electron chi connectivity index (χ3n) is 5.45. The van der Waals surface area contributed by atoms with Crippen molar-refractivity contribution in [1.82, 2.24) is 4.90 Å². The SMILES string of the molecule is CO/C(N)=C/c1[nH+]c(C(=O)O)ccc1N1CCC(N(C(=O)OC(C)(C)C)C2CC2)CC1. The van der Waals surface area contributed by atoms with E-state index in [1.807, 2.05) is 25.7 Å². The van der Waals surface area contributed by atoms with Gasteiger partial charge in [0.2, 0.25) is 5.69 Å². The van der Waals surface area contributed by atoms with Gasteiger partial charge in [0.05, 0.1) is 13.2 Å². The molecule has 0 spiro atoms. The largest absolute Gasteiger partial charge is 0.482 e. The number of nitrogens with two attached hydrogens (primary N) is 1. The van der Waals surface area contributed by atoms with Crippen molar-refractivity contribution in [3.8, 4) is 0 Å². The van der Waals surface area contributed by atoms with Gasteiger partial charge in [-0.25, -0.2) is 9.59 Å². The molecule has 0 aromatic carbocycles. The van der Waals surface area contributed by atoms with Gasteiger partial charge in [-0.2, -0.15) is 4.98 Å². The fourth-order valence-electron chi connectivity index (χ4n) is 3.86. The van der Waals surface area contributed by atoms with Gasteiger partial charge >= 0.3 is 12.1 Å². The standard InChI is InChI=1S/C22H32N4O5/c1-22(2,3)31-21(29)26(14-5-6-14)15-9-11-25(12-10-15)18-8-7-16(20(27)28)24-17(18)13-19(23)30-4/h7-8,13-15H,5-6,9-12,23H2,1-4H3,(H,27,28)/p+1/b19-13+. The Balaban J connectivity index is 1.75. The molecule has 9 nitrogen and oxygen atoms in total. The monoisotopic (exact) mass is 433 g/mol. The molecule has 0 bridgehead atoms. The highest BCUT2D eigenvalue weighted by Crippen LogP contribution is 2.34. The first-order valence-electron chi connectivity index (χ1n) is 10.7. The third-order valence-corrected chi connectivity index (χ3v) is 5.45. The van der Waals surface area contributed by atoms with Crippen LogP contribution in [0.25, 0.3) is 6.08 Å². The van der Waals surface area contributed by atoms with E-state index in [1.165, 1.54) is 7.11 Å². The molecule has 1 amide bonds. The summed E-state index contributed by atoms with van der Waals surface area (Å²) < 4.78 is 10.7. The van der Waals surface area contributed by atoms with Crippen LogP contribution in [-0.2, 0) is 9.47 Å². The highest BCUT2D eigenvalue weighted by atomic mass is 16.6. The molecule has 0 atom stereocenters. The number of aromatic nitrogens is 1. The van der Waals surface area contributed by atoms with E-state index in [-0.39, 0.29) is 29.8 Å². The molecule has 4 N–H and O–H groups in total. The Morgan fingerprint density at radius 1 is 1.19 bits per heavy atom. The van der Waals surface area contributed by atoms with Crippen LogP contribution < -0.4 is 15.6 Å². The van der Waals surface area contributed by atoms with Gasteiger partial charge in [0.15, 0.2) is 5.88 Å². The normalized spacial score (nSPS) is 17.9. The quantitative estimate of drug-likeness (QED) is 0.661. The number of carbonyl (C=O) groups excluding carboxylic acids is 1. The number of nitrogens with zero attached hydrogens (tertiary/aromatic N) is 2. The van der Waals surface area contributed by atoms with Gasteiger partial charge in [0.25, 0.3) is 5.69 Å². The highest BCUT2D eigenvalue weighted by molar-refractivity contribution is 5.84. The van der Waals surface area contributed by atoms with Gasteiger partial charge < -0.3 is 30.1 Å². The lowest BCUT2D eigenvalue weighted by molar-refractivity contribution is -0.385. The second kappa shape index (κ2) is 9.03. The zero-order valence-corrected chi connectivity index (χ0v) is 18.7. The number of rotatable bonds is 6. The molecule has 0 radical (unpaired) electrons. The van der Waals surface area contributed by atoms with Crippen LogP contribution in [0.5, 0.6) is 0 Å². The number of aromatic amines is 1. The number of amides is 1. The number of ether oxygens (including phenoxy) is 2. The van der Waals surface area contributed by atoms with Crippen LogP contribution in [-0.4, -0.2) is 60.0 Å². The molecule has 1 aliphatic carbocycles. The average Bonchev–Trinajstić information content (AvgIpc) is 3.52. The lowest BCUT2D eigenvalue weighted by Gasteiger charge is -2.39. The van der Waals surface area contributed by atoms with Crippen LogP contribution in [0.15, 0.2) is 18.0 Å². The lowest BCUT2D eigenvalue weighted by Crippen LogP contribution is -2.50. The number of piperidine rings is 1. The molecule has 1 saturated carbocycles. The van der Waals surface area contributed by atoms with Crippen LogP contribution >= 0.6 is 0 Å². The van der Waals surface area contributed by atoms with E-state index in [1.54, 1.807) is 18.2 Å². The van der Waals surface area contributed by atoms with Crippen LogP contribution in [0, 0.1) is 0 Å². The number of carboxylic acid groups (broad SMARTS) is 1. The predicted octanol–water partition coefficient (Wildman–Crippen LogP) is 2.47. The number of anilines is 1. The van der Waals surface area contributed by atoms with Gasteiger partial charge in [0.1, 0.15) is 11.3 Å². The summed E-state index contributed by atoms with van der Waals surface area (Å²) in [6, 6.07) is 3.72. The summed E-state index contributed by atoms with van der Waals surface area (Å²) in [6.07, 6.45) is 5.01. The van der Waals surface area contributed by atoms with Crippen molar-refractivity contribution < 1.29 is 29.2 Å². The number of methoxy groups -OCH3 is 1. The lowest BCUT2D eigenvalue weighted by atomic mass is 10.0. The van der Waals surface area contributed by atoms with Crippen molar-refractivity contribution in [2.75, 3.05) is 25.1 Å². The van der Waals surface area contributed by atoms with Gasteiger partial charge in [-0.3, -0.25) is 0 Å². The van der Waals surface area contributed by atoms with E-state index < -0.39 is 11.6 Å². The first-order chi connectivity index (χ1) is 14.6. The summed E-state index contributed by atoms with van der Waals surface area (Å²) in [5.41, 5.74) is 6.78. The number of carbonyl (C=O) groups is 2. The molecule has 1 saturated heterocycles. The minimum absolute atomic E-state index is 0.0682. The molecular weight excluding hydrogens is 400 g/mol. The van der Waals surface area contributed by atoms with E-state index in [2.05, 4.69) is 9.88 Å². The number of aromatic carboxylic acids is 1. The summed E-state index contributed by atoms with van der Waals surface area (Å²) in [7, 11) is 1.46. The third kappa shape index (κ3) is 5.80. The van der Waals surface area contributed by atoms with Crippen molar-refractivity contribution in [1.29, 1.82) is 0 Å². The fraction of sp³-hybridized carbons (Fsp3) is 0.591. The number of carboxylic acids is 1. The van der Waals surface area contributed by atoms with Crippen LogP contribution in [0.4, 0.5) is 10.5 Å². The Morgan fingerprint density at radius 2 is 1.81 bits per heavy atom. The number of nitrogens with one attached hydrogen (secondary N) is 1. The van der Waals surface area contributed by atoms with Crippen LogP contribution in [0.1, 0.15) is 62.6 Å². The van der Waals surface area contributed by atoms with Crippen molar-refractivity contribution in [3.63, 3.8) is 0 Å². The number of hydrogen-bond acceptors (Lipinski definition) is 6. The van der Waals surface area contributed by atoms with Gasteiger partial charge in [-0.15, -0.1) is 0 Å². The number of pyridine rings is 1. The van der Waals surface area contributed by atoms with Crippen LogP contribution in [0.3, 0.4) is 0 Å². The van der Waals surface area contributed by atoms with E-state index in [0.29, 0.717) is 5.69 Å². The minimum Gasteiger partial charge on any atom is -0.482 e. The zero-order chi connectivity index (χ0) is 22.8. The molecule has 2 fully saturated rings. The summed E-state index contributed by atoms with van der Waals surface area (Å²) in [5, 5.41) is 9.31. The maximum Gasteiger partial charge on any atom is 0.410 e. The van der Waals surface area contributed by atoms with Gasteiger partial charge in [0, 0.05) is 31.2 Å². The molecule has 1 aromatic heterocycles. The van der Waals surface area contributed by atoms with Gasteiger partial charge in [-0.05, 0) is 52.5 Å². The van der Waals surface area contributed by atoms with Crippen molar-refractivity contribution in [3.05, 3.63) is 29.4 Å². The molecule has 9 heteroatoms. The molecular formula is C22H33N4O5+. The Hall–Kier alpha value is -2.97. The maximum absolute atomic E-state index is 12.8.